The highest BCUT2D eigenvalue weighted by atomic mass is 35.5. The molecular formula is C20H22Cl3N3OS. The number of hydrogen-bond donors (Lipinski definition) is 0. The molecule has 28 heavy (non-hydrogen) atoms. The molecule has 0 unspecified atom stereocenters. The smallest absolute Gasteiger partial charge is 0.233 e. The Bertz CT molecular complexity index is 974. The zero-order chi connectivity index (χ0) is 19.6. The van der Waals surface area contributed by atoms with Crippen molar-refractivity contribution in [1.82, 2.24) is 9.88 Å². The van der Waals surface area contributed by atoms with Gasteiger partial charge in [0.2, 0.25) is 5.91 Å². The Kier molecular flexibility index (Phi) is 8.10. The molecule has 0 bridgehead atoms. The first kappa shape index (κ1) is 22.9. The lowest BCUT2D eigenvalue weighted by Gasteiger charge is -2.22. The van der Waals surface area contributed by atoms with Crippen molar-refractivity contribution in [2.45, 2.75) is 13.3 Å². The van der Waals surface area contributed by atoms with Crippen molar-refractivity contribution in [3.63, 3.8) is 0 Å². The van der Waals surface area contributed by atoms with Gasteiger partial charge in [-0.15, -0.1) is 12.4 Å². The molecule has 0 aliphatic carbocycles. The first-order chi connectivity index (χ1) is 12.9. The van der Waals surface area contributed by atoms with Gasteiger partial charge in [0.25, 0.3) is 0 Å². The van der Waals surface area contributed by atoms with E-state index < -0.39 is 0 Å². The Balaban J connectivity index is 0.00000280. The molecule has 4 nitrogen and oxygen atoms in total. The monoisotopic (exact) mass is 457 g/mol. The highest BCUT2D eigenvalue weighted by Crippen LogP contribution is 2.34. The summed E-state index contributed by atoms with van der Waals surface area (Å²) in [4.78, 5) is 21.6. The van der Waals surface area contributed by atoms with Crippen LogP contribution < -0.4 is 4.90 Å². The van der Waals surface area contributed by atoms with Crippen LogP contribution in [0.4, 0.5) is 5.13 Å². The van der Waals surface area contributed by atoms with Crippen molar-refractivity contribution in [3.05, 3.63) is 57.6 Å². The molecule has 3 aromatic rings. The van der Waals surface area contributed by atoms with Crippen LogP contribution in [0.25, 0.3) is 10.2 Å². The number of halogens is 3. The van der Waals surface area contributed by atoms with Gasteiger partial charge in [-0.3, -0.25) is 9.69 Å². The Hall–Kier alpha value is -1.37. The highest BCUT2D eigenvalue weighted by Gasteiger charge is 2.21. The third kappa shape index (κ3) is 5.16. The molecule has 0 saturated heterocycles. The van der Waals surface area contributed by atoms with E-state index in [1.54, 1.807) is 11.0 Å². The predicted octanol–water partition coefficient (Wildman–Crippen LogP) is 5.47. The minimum atomic E-state index is -0.0206. The van der Waals surface area contributed by atoms with Gasteiger partial charge in [0.15, 0.2) is 5.13 Å². The van der Waals surface area contributed by atoms with Crippen LogP contribution in [-0.4, -0.2) is 43.0 Å². The van der Waals surface area contributed by atoms with E-state index in [0.29, 0.717) is 21.7 Å². The van der Waals surface area contributed by atoms with Crippen LogP contribution >= 0.6 is 46.9 Å². The molecule has 150 valence electrons. The molecule has 0 fully saturated rings. The van der Waals surface area contributed by atoms with Gasteiger partial charge in [-0.1, -0.05) is 52.7 Å². The van der Waals surface area contributed by atoms with Crippen molar-refractivity contribution in [3.8, 4) is 0 Å². The first-order valence-electron chi connectivity index (χ1n) is 8.61. The lowest BCUT2D eigenvalue weighted by Crippen LogP contribution is -2.37. The number of aryl methyl sites for hydroxylation is 1. The van der Waals surface area contributed by atoms with E-state index in [4.69, 9.17) is 28.2 Å². The van der Waals surface area contributed by atoms with Gasteiger partial charge in [-0.2, -0.15) is 0 Å². The Labute approximate surface area is 185 Å². The standard InChI is InChI=1S/C20H21Cl2N3OS.ClH/c1-13-15(21)8-9-17-19(13)23-20(27-17)25(11-10-24(2)3)18(26)12-14-6-4-5-7-16(14)22;/h4-9H,10-12H2,1-3H3;1H. The number of likely N-dealkylation sites (N-methyl/N-ethyl adjacent to an activating group) is 1. The molecule has 3 rings (SSSR count). The largest absolute Gasteiger partial charge is 0.308 e. The molecule has 0 aliphatic rings. The van der Waals surface area contributed by atoms with Gasteiger partial charge >= 0.3 is 0 Å². The van der Waals surface area contributed by atoms with Gasteiger partial charge < -0.3 is 4.90 Å². The number of thiazole rings is 1. The van der Waals surface area contributed by atoms with E-state index in [2.05, 4.69) is 0 Å². The average Bonchev–Trinajstić information content (AvgIpc) is 3.05. The van der Waals surface area contributed by atoms with Crippen LogP contribution in [0.5, 0.6) is 0 Å². The van der Waals surface area contributed by atoms with Crippen LogP contribution in [0.3, 0.4) is 0 Å². The Morgan fingerprint density at radius 1 is 1.07 bits per heavy atom. The predicted molar refractivity (Wildman–Crippen MR) is 123 cm³/mol. The fraction of sp³-hybridized carbons (Fsp3) is 0.300. The molecule has 0 spiro atoms. The van der Waals surface area contributed by atoms with Crippen molar-refractivity contribution in [2.75, 3.05) is 32.1 Å². The van der Waals surface area contributed by atoms with E-state index in [0.717, 1.165) is 27.9 Å². The van der Waals surface area contributed by atoms with E-state index >= 15 is 0 Å². The van der Waals surface area contributed by atoms with Crippen LogP contribution in [0.1, 0.15) is 11.1 Å². The Morgan fingerprint density at radius 3 is 2.46 bits per heavy atom. The fourth-order valence-corrected chi connectivity index (χ4v) is 4.15. The normalized spacial score (nSPS) is 10.9. The lowest BCUT2D eigenvalue weighted by atomic mass is 10.1. The highest BCUT2D eigenvalue weighted by molar-refractivity contribution is 7.22. The maximum absolute atomic E-state index is 13.1. The van der Waals surface area contributed by atoms with Gasteiger partial charge in [0.05, 0.1) is 16.6 Å². The van der Waals surface area contributed by atoms with Gasteiger partial charge in [-0.25, -0.2) is 4.98 Å². The summed E-state index contributed by atoms with van der Waals surface area (Å²) in [6, 6.07) is 11.3. The summed E-state index contributed by atoms with van der Waals surface area (Å²) >= 11 is 14.0. The molecule has 1 aromatic heterocycles. The SMILES string of the molecule is Cc1c(Cl)ccc2sc(N(CCN(C)C)C(=O)Cc3ccccc3Cl)nc12.Cl. The molecule has 1 heterocycles. The third-order valence-electron chi connectivity index (χ3n) is 4.34. The summed E-state index contributed by atoms with van der Waals surface area (Å²) in [5.41, 5.74) is 2.60. The fourth-order valence-electron chi connectivity index (χ4n) is 2.73. The van der Waals surface area contributed by atoms with Crippen molar-refractivity contribution in [2.24, 2.45) is 0 Å². The number of aromatic nitrogens is 1. The van der Waals surface area contributed by atoms with Crippen LogP contribution in [0, 0.1) is 6.92 Å². The maximum Gasteiger partial charge on any atom is 0.233 e. The Morgan fingerprint density at radius 2 is 1.79 bits per heavy atom. The number of nitrogens with zero attached hydrogens (tertiary/aromatic N) is 3. The zero-order valence-corrected chi connectivity index (χ0v) is 19.1. The number of benzene rings is 2. The summed E-state index contributed by atoms with van der Waals surface area (Å²) in [5, 5.41) is 1.97. The minimum absolute atomic E-state index is 0. The van der Waals surface area contributed by atoms with Crippen LogP contribution in [0.2, 0.25) is 10.0 Å². The van der Waals surface area contributed by atoms with E-state index in [-0.39, 0.29) is 24.7 Å². The molecule has 0 aliphatic heterocycles. The topological polar surface area (TPSA) is 36.4 Å². The number of hydrogen-bond acceptors (Lipinski definition) is 4. The van der Waals surface area contributed by atoms with E-state index in [1.165, 1.54) is 11.3 Å². The van der Waals surface area contributed by atoms with Crippen LogP contribution in [0.15, 0.2) is 36.4 Å². The first-order valence-corrected chi connectivity index (χ1v) is 10.2. The molecule has 0 atom stereocenters. The average molecular weight is 459 g/mol. The number of amides is 1. The van der Waals surface area contributed by atoms with E-state index in [1.807, 2.05) is 56.3 Å². The summed E-state index contributed by atoms with van der Waals surface area (Å²) in [6.07, 6.45) is 0.239. The van der Waals surface area contributed by atoms with Gasteiger partial charge in [0, 0.05) is 23.1 Å². The molecular weight excluding hydrogens is 437 g/mol. The molecule has 0 saturated carbocycles. The zero-order valence-electron chi connectivity index (χ0n) is 15.9. The third-order valence-corrected chi connectivity index (χ3v) is 6.16. The second kappa shape index (κ2) is 9.90. The minimum Gasteiger partial charge on any atom is -0.308 e. The molecule has 1 amide bonds. The van der Waals surface area contributed by atoms with Crippen LogP contribution in [-0.2, 0) is 11.2 Å². The molecule has 8 heteroatoms. The van der Waals surface area contributed by atoms with Gasteiger partial charge in [0.1, 0.15) is 0 Å². The lowest BCUT2D eigenvalue weighted by molar-refractivity contribution is -0.118. The second-order valence-corrected chi connectivity index (χ2v) is 8.46. The molecule has 0 radical (unpaired) electrons. The number of rotatable bonds is 6. The maximum atomic E-state index is 13.1. The number of carbonyl (C=O) groups is 1. The summed E-state index contributed by atoms with van der Waals surface area (Å²) in [5.74, 6) is -0.0206. The van der Waals surface area contributed by atoms with Crippen molar-refractivity contribution >= 4 is 68.2 Å². The summed E-state index contributed by atoms with van der Waals surface area (Å²) in [6.45, 7) is 3.25. The summed E-state index contributed by atoms with van der Waals surface area (Å²) in [7, 11) is 3.97. The number of anilines is 1. The quantitative estimate of drug-likeness (QED) is 0.491. The molecule has 0 N–H and O–H groups in total. The molecule has 2 aromatic carbocycles. The van der Waals surface area contributed by atoms with E-state index in [9.17, 15) is 4.79 Å². The number of fused-ring (bicyclic) bond motifs is 1. The van der Waals surface area contributed by atoms with Crippen molar-refractivity contribution in [1.29, 1.82) is 0 Å². The number of carbonyl (C=O) groups excluding carboxylic acids is 1. The van der Waals surface area contributed by atoms with Crippen molar-refractivity contribution < 1.29 is 4.79 Å². The second-order valence-electron chi connectivity index (χ2n) is 6.63. The van der Waals surface area contributed by atoms with Gasteiger partial charge in [-0.05, 0) is 50.3 Å². The summed E-state index contributed by atoms with van der Waals surface area (Å²) < 4.78 is 1.02.